The monoisotopic (exact) mass is 331 g/mol. The molecule has 0 saturated carbocycles. The van der Waals surface area contributed by atoms with Gasteiger partial charge in [0.1, 0.15) is 6.04 Å². The summed E-state index contributed by atoms with van der Waals surface area (Å²) in [4.78, 5) is 17.4. The average Bonchev–Trinajstić information content (AvgIpc) is 2.57. The van der Waals surface area contributed by atoms with Crippen molar-refractivity contribution in [3.8, 4) is 0 Å². The van der Waals surface area contributed by atoms with E-state index >= 15 is 0 Å². The van der Waals surface area contributed by atoms with Crippen molar-refractivity contribution in [1.29, 1.82) is 0 Å². The van der Waals surface area contributed by atoms with Gasteiger partial charge >= 0.3 is 0 Å². The molecule has 1 unspecified atom stereocenters. The number of nitrogens with one attached hydrogen (secondary N) is 1. The second-order valence-electron chi connectivity index (χ2n) is 7.57. The molecule has 134 valence electrons. The first-order valence-electron chi connectivity index (χ1n) is 9.22. The van der Waals surface area contributed by atoms with Crippen molar-refractivity contribution in [2.75, 3.05) is 39.3 Å². The summed E-state index contributed by atoms with van der Waals surface area (Å²) in [5.41, 5.74) is 2.55. The predicted molar refractivity (Wildman–Crippen MR) is 100 cm³/mol. The number of nitrogens with zero attached hydrogens (tertiary/aromatic N) is 2. The smallest absolute Gasteiger partial charge is 0.244 e. The lowest BCUT2D eigenvalue weighted by atomic mass is 9.86. The standard InChI is InChI=1S/C20H33N3O/c1-6-22(7-2)19(24)18(23-14-12-21-13-15-23)16-8-10-17(11-9-16)20(3,4)5/h8-11,18,21H,6-7,12-15H2,1-5H3. The van der Waals surface area contributed by atoms with E-state index in [1.165, 1.54) is 5.56 Å². The number of rotatable bonds is 5. The fourth-order valence-corrected chi connectivity index (χ4v) is 3.32. The number of hydrogen-bond acceptors (Lipinski definition) is 3. The molecule has 4 nitrogen and oxygen atoms in total. The molecule has 0 aromatic heterocycles. The summed E-state index contributed by atoms with van der Waals surface area (Å²) in [5, 5.41) is 3.38. The van der Waals surface area contributed by atoms with Crippen LogP contribution in [0.5, 0.6) is 0 Å². The van der Waals surface area contributed by atoms with Gasteiger partial charge in [-0.15, -0.1) is 0 Å². The van der Waals surface area contributed by atoms with Crippen molar-refractivity contribution in [3.05, 3.63) is 35.4 Å². The van der Waals surface area contributed by atoms with Crippen molar-refractivity contribution >= 4 is 5.91 Å². The van der Waals surface area contributed by atoms with Gasteiger partial charge in [-0.25, -0.2) is 0 Å². The number of benzene rings is 1. The molecule has 1 aromatic rings. The Bertz CT molecular complexity index is 523. The highest BCUT2D eigenvalue weighted by molar-refractivity contribution is 5.83. The van der Waals surface area contributed by atoms with E-state index in [-0.39, 0.29) is 17.4 Å². The Balaban J connectivity index is 2.32. The van der Waals surface area contributed by atoms with Gasteiger partial charge in [0.25, 0.3) is 0 Å². The van der Waals surface area contributed by atoms with Gasteiger partial charge in [-0.05, 0) is 30.4 Å². The van der Waals surface area contributed by atoms with Crippen molar-refractivity contribution in [3.63, 3.8) is 0 Å². The molecular weight excluding hydrogens is 298 g/mol. The molecule has 1 heterocycles. The van der Waals surface area contributed by atoms with Gasteiger partial charge in [-0.2, -0.15) is 0 Å². The van der Waals surface area contributed by atoms with Gasteiger partial charge in [0, 0.05) is 39.3 Å². The van der Waals surface area contributed by atoms with Gasteiger partial charge in [-0.1, -0.05) is 45.0 Å². The molecule has 1 N–H and O–H groups in total. The number of amides is 1. The van der Waals surface area contributed by atoms with Crippen LogP contribution >= 0.6 is 0 Å². The van der Waals surface area contributed by atoms with E-state index in [9.17, 15) is 4.79 Å². The molecule has 0 aliphatic carbocycles. The minimum Gasteiger partial charge on any atom is -0.342 e. The fourth-order valence-electron chi connectivity index (χ4n) is 3.32. The lowest BCUT2D eigenvalue weighted by molar-refractivity contribution is -0.137. The summed E-state index contributed by atoms with van der Waals surface area (Å²) in [6, 6.07) is 8.49. The second-order valence-corrected chi connectivity index (χ2v) is 7.57. The fraction of sp³-hybridized carbons (Fsp3) is 0.650. The summed E-state index contributed by atoms with van der Waals surface area (Å²) >= 11 is 0. The van der Waals surface area contributed by atoms with Crippen LogP contribution in [0.25, 0.3) is 0 Å². The van der Waals surface area contributed by atoms with Crippen molar-refractivity contribution < 1.29 is 4.79 Å². The average molecular weight is 332 g/mol. The van der Waals surface area contributed by atoms with Crippen LogP contribution in [0.4, 0.5) is 0 Å². The van der Waals surface area contributed by atoms with Crippen LogP contribution in [0.3, 0.4) is 0 Å². The van der Waals surface area contributed by atoms with Gasteiger partial charge in [-0.3, -0.25) is 9.69 Å². The predicted octanol–water partition coefficient (Wildman–Crippen LogP) is 2.80. The molecular formula is C20H33N3O. The summed E-state index contributed by atoms with van der Waals surface area (Å²) < 4.78 is 0. The molecule has 1 aliphatic heterocycles. The normalized spacial score (nSPS) is 17.5. The molecule has 1 fully saturated rings. The Labute approximate surface area is 147 Å². The summed E-state index contributed by atoms with van der Waals surface area (Å²) in [7, 11) is 0. The van der Waals surface area contributed by atoms with Crippen LogP contribution in [-0.2, 0) is 10.2 Å². The Morgan fingerprint density at radius 1 is 1.12 bits per heavy atom. The maximum atomic E-state index is 13.2. The maximum Gasteiger partial charge on any atom is 0.244 e. The third-order valence-corrected chi connectivity index (χ3v) is 4.92. The molecule has 1 saturated heterocycles. The minimum absolute atomic E-state index is 0.131. The molecule has 1 atom stereocenters. The van der Waals surface area contributed by atoms with Gasteiger partial charge in [0.2, 0.25) is 5.91 Å². The number of carbonyl (C=O) groups excluding carboxylic acids is 1. The molecule has 2 rings (SSSR count). The van der Waals surface area contributed by atoms with E-state index < -0.39 is 0 Å². The quantitative estimate of drug-likeness (QED) is 0.901. The lowest BCUT2D eigenvalue weighted by Gasteiger charge is -2.37. The minimum atomic E-state index is -0.166. The summed E-state index contributed by atoms with van der Waals surface area (Å²) in [6.07, 6.45) is 0. The summed E-state index contributed by atoms with van der Waals surface area (Å²) in [6.45, 7) is 16.0. The van der Waals surface area contributed by atoms with Crippen LogP contribution in [0, 0.1) is 0 Å². The first-order valence-corrected chi connectivity index (χ1v) is 9.22. The molecule has 0 bridgehead atoms. The van der Waals surface area contributed by atoms with Crippen LogP contribution in [0.15, 0.2) is 24.3 Å². The lowest BCUT2D eigenvalue weighted by Crippen LogP contribution is -2.50. The number of hydrogen-bond donors (Lipinski definition) is 1. The van der Waals surface area contributed by atoms with Gasteiger partial charge < -0.3 is 10.2 Å². The zero-order chi connectivity index (χ0) is 17.7. The third kappa shape index (κ3) is 4.37. The molecule has 0 radical (unpaired) electrons. The van der Waals surface area contributed by atoms with E-state index in [0.717, 1.165) is 44.8 Å². The van der Waals surface area contributed by atoms with Crippen LogP contribution in [0.2, 0.25) is 0 Å². The van der Waals surface area contributed by atoms with E-state index in [4.69, 9.17) is 0 Å². The molecule has 0 spiro atoms. The van der Waals surface area contributed by atoms with E-state index in [0.29, 0.717) is 0 Å². The van der Waals surface area contributed by atoms with Crippen molar-refractivity contribution in [1.82, 2.24) is 15.1 Å². The summed E-state index contributed by atoms with van der Waals surface area (Å²) in [5.74, 6) is 0.227. The SMILES string of the molecule is CCN(CC)C(=O)C(c1ccc(C(C)(C)C)cc1)N1CCNCC1. The van der Waals surface area contributed by atoms with E-state index in [2.05, 4.69) is 69.1 Å². The Hall–Kier alpha value is -1.39. The van der Waals surface area contributed by atoms with Crippen LogP contribution in [0.1, 0.15) is 51.8 Å². The van der Waals surface area contributed by atoms with Gasteiger partial charge in [0.15, 0.2) is 0 Å². The van der Waals surface area contributed by atoms with Crippen LogP contribution < -0.4 is 5.32 Å². The second kappa shape index (κ2) is 8.13. The number of piperazine rings is 1. The van der Waals surface area contributed by atoms with Crippen molar-refractivity contribution in [2.45, 2.75) is 46.1 Å². The van der Waals surface area contributed by atoms with E-state index in [1.807, 2.05) is 4.90 Å². The van der Waals surface area contributed by atoms with Crippen LogP contribution in [-0.4, -0.2) is 55.0 Å². The molecule has 1 aromatic carbocycles. The Kier molecular flexibility index (Phi) is 6.41. The van der Waals surface area contributed by atoms with Gasteiger partial charge in [0.05, 0.1) is 0 Å². The highest BCUT2D eigenvalue weighted by Gasteiger charge is 2.31. The molecule has 1 amide bonds. The molecule has 24 heavy (non-hydrogen) atoms. The maximum absolute atomic E-state index is 13.2. The third-order valence-electron chi connectivity index (χ3n) is 4.92. The molecule has 4 heteroatoms. The zero-order valence-corrected chi connectivity index (χ0v) is 15.9. The highest BCUT2D eigenvalue weighted by Crippen LogP contribution is 2.28. The first-order chi connectivity index (χ1) is 11.4. The Morgan fingerprint density at radius 3 is 2.12 bits per heavy atom. The number of carbonyl (C=O) groups is 1. The van der Waals surface area contributed by atoms with Crippen molar-refractivity contribution in [2.24, 2.45) is 0 Å². The zero-order valence-electron chi connectivity index (χ0n) is 15.9. The molecule has 1 aliphatic rings. The largest absolute Gasteiger partial charge is 0.342 e. The first kappa shape index (κ1) is 18.9. The van der Waals surface area contributed by atoms with E-state index in [1.54, 1.807) is 0 Å². The highest BCUT2D eigenvalue weighted by atomic mass is 16.2. The topological polar surface area (TPSA) is 35.6 Å². The number of likely N-dealkylation sites (N-methyl/N-ethyl adjacent to an activating group) is 1. The Morgan fingerprint density at radius 2 is 1.67 bits per heavy atom.